The summed E-state index contributed by atoms with van der Waals surface area (Å²) in [5, 5.41) is 4.80. The van der Waals surface area contributed by atoms with E-state index in [4.69, 9.17) is 5.73 Å². The van der Waals surface area contributed by atoms with E-state index in [1.54, 1.807) is 13.8 Å². The average molecular weight is 170 g/mol. The van der Waals surface area contributed by atoms with Crippen molar-refractivity contribution in [2.75, 3.05) is 0 Å². The van der Waals surface area contributed by atoms with Gasteiger partial charge in [0, 0.05) is 0 Å². The molecule has 0 aromatic carbocycles. The van der Waals surface area contributed by atoms with Gasteiger partial charge in [-0.15, -0.1) is 0 Å². The molecule has 1 rings (SSSR count). The van der Waals surface area contributed by atoms with Crippen LogP contribution < -0.4 is 16.4 Å². The molecule has 0 bridgehead atoms. The standard InChI is InChI=1S/C6H10N4O2/c1-6(2)3(8-4(7)11)9-5(12)10-6/h1-2H3,(H4,7,8,9,10,11,12). The van der Waals surface area contributed by atoms with Gasteiger partial charge >= 0.3 is 12.1 Å². The van der Waals surface area contributed by atoms with Crippen molar-refractivity contribution >= 4 is 17.9 Å². The van der Waals surface area contributed by atoms with Crippen LogP contribution in [0.2, 0.25) is 0 Å². The van der Waals surface area contributed by atoms with Gasteiger partial charge in [0.25, 0.3) is 0 Å². The predicted molar refractivity (Wildman–Crippen MR) is 42.8 cm³/mol. The molecule has 0 unspecified atom stereocenters. The Kier molecular flexibility index (Phi) is 1.75. The van der Waals surface area contributed by atoms with Crippen LogP contribution in [0.4, 0.5) is 9.59 Å². The monoisotopic (exact) mass is 170 g/mol. The molecule has 1 aliphatic rings. The fourth-order valence-corrected chi connectivity index (χ4v) is 0.897. The summed E-state index contributed by atoms with van der Waals surface area (Å²) >= 11 is 0. The second kappa shape index (κ2) is 2.47. The van der Waals surface area contributed by atoms with Crippen LogP contribution >= 0.6 is 0 Å². The Labute approximate surface area is 69.2 Å². The normalized spacial score (nSPS) is 19.8. The maximum absolute atomic E-state index is 10.8. The number of carbonyl (C=O) groups excluding carboxylic acids is 2. The molecule has 6 heteroatoms. The van der Waals surface area contributed by atoms with Gasteiger partial charge in [0.15, 0.2) is 0 Å². The second-order valence-electron chi connectivity index (χ2n) is 3.00. The largest absolute Gasteiger partial charge is 0.351 e. The SMILES string of the molecule is CC1(C)NC(=O)N=C1NC(N)=O. The molecular formula is C6H10N4O2. The van der Waals surface area contributed by atoms with E-state index in [0.29, 0.717) is 0 Å². The highest BCUT2D eigenvalue weighted by molar-refractivity contribution is 6.11. The Morgan fingerprint density at radius 1 is 1.67 bits per heavy atom. The molecule has 1 heterocycles. The summed E-state index contributed by atoms with van der Waals surface area (Å²) in [5.41, 5.74) is 4.22. The second-order valence-corrected chi connectivity index (χ2v) is 3.00. The summed E-state index contributed by atoms with van der Waals surface area (Å²) in [6.45, 7) is 3.43. The Morgan fingerprint density at radius 2 is 2.25 bits per heavy atom. The van der Waals surface area contributed by atoms with Crippen LogP contribution in [-0.2, 0) is 0 Å². The molecule has 0 atom stereocenters. The molecule has 0 aromatic rings. The number of primary amides is 1. The summed E-state index contributed by atoms with van der Waals surface area (Å²) in [4.78, 5) is 24.7. The van der Waals surface area contributed by atoms with E-state index in [2.05, 4.69) is 15.6 Å². The van der Waals surface area contributed by atoms with Crippen LogP contribution in [0.15, 0.2) is 4.99 Å². The van der Waals surface area contributed by atoms with Crippen molar-refractivity contribution in [3.8, 4) is 0 Å². The van der Waals surface area contributed by atoms with Gasteiger partial charge in [-0.05, 0) is 13.8 Å². The molecule has 0 saturated carbocycles. The van der Waals surface area contributed by atoms with E-state index in [-0.39, 0.29) is 5.84 Å². The van der Waals surface area contributed by atoms with Crippen molar-refractivity contribution in [3.05, 3.63) is 0 Å². The number of nitrogens with one attached hydrogen (secondary N) is 2. The number of nitrogens with two attached hydrogens (primary N) is 1. The molecule has 1 aliphatic heterocycles. The number of rotatable bonds is 0. The van der Waals surface area contributed by atoms with Crippen molar-refractivity contribution in [2.24, 2.45) is 10.7 Å². The van der Waals surface area contributed by atoms with Crippen molar-refractivity contribution in [1.82, 2.24) is 10.6 Å². The van der Waals surface area contributed by atoms with Crippen LogP contribution in [0.5, 0.6) is 0 Å². The van der Waals surface area contributed by atoms with Gasteiger partial charge < -0.3 is 11.1 Å². The van der Waals surface area contributed by atoms with E-state index in [9.17, 15) is 9.59 Å². The molecule has 4 amide bonds. The lowest BCUT2D eigenvalue weighted by molar-refractivity contribution is 0.247. The average Bonchev–Trinajstić information content (AvgIpc) is 2.04. The van der Waals surface area contributed by atoms with Crippen molar-refractivity contribution in [3.63, 3.8) is 0 Å². The third-order valence-electron chi connectivity index (χ3n) is 1.47. The van der Waals surface area contributed by atoms with Crippen molar-refractivity contribution < 1.29 is 9.59 Å². The zero-order chi connectivity index (χ0) is 9.35. The highest BCUT2D eigenvalue weighted by Crippen LogP contribution is 2.10. The fraction of sp³-hybridized carbons (Fsp3) is 0.500. The molecule has 0 fully saturated rings. The number of aliphatic imine (C=N–C) groups is 1. The van der Waals surface area contributed by atoms with E-state index in [0.717, 1.165) is 0 Å². The number of nitrogens with zero attached hydrogens (tertiary/aromatic N) is 1. The summed E-state index contributed by atoms with van der Waals surface area (Å²) < 4.78 is 0. The molecule has 4 N–H and O–H groups in total. The van der Waals surface area contributed by atoms with Gasteiger partial charge in [-0.2, -0.15) is 4.99 Å². The molecule has 6 nitrogen and oxygen atoms in total. The zero-order valence-corrected chi connectivity index (χ0v) is 6.84. The number of urea groups is 2. The first-order chi connectivity index (χ1) is 5.42. The molecular weight excluding hydrogens is 160 g/mol. The number of amidine groups is 1. The van der Waals surface area contributed by atoms with E-state index >= 15 is 0 Å². The molecule has 12 heavy (non-hydrogen) atoms. The minimum absolute atomic E-state index is 0.250. The minimum Gasteiger partial charge on any atom is -0.351 e. The smallest absolute Gasteiger partial charge is 0.343 e. The minimum atomic E-state index is -0.724. The summed E-state index contributed by atoms with van der Waals surface area (Å²) in [6, 6.07) is -1.19. The van der Waals surface area contributed by atoms with Crippen LogP contribution in [0.3, 0.4) is 0 Å². The van der Waals surface area contributed by atoms with Crippen LogP contribution in [-0.4, -0.2) is 23.4 Å². The van der Waals surface area contributed by atoms with Gasteiger partial charge in [-0.25, -0.2) is 9.59 Å². The number of carbonyl (C=O) groups is 2. The maximum Gasteiger partial charge on any atom is 0.343 e. The zero-order valence-electron chi connectivity index (χ0n) is 6.84. The van der Waals surface area contributed by atoms with Gasteiger partial charge in [-0.3, -0.25) is 5.32 Å². The number of amides is 4. The highest BCUT2D eigenvalue weighted by atomic mass is 16.2. The Morgan fingerprint density at radius 3 is 2.58 bits per heavy atom. The third kappa shape index (κ3) is 1.52. The highest BCUT2D eigenvalue weighted by Gasteiger charge is 2.34. The van der Waals surface area contributed by atoms with Crippen LogP contribution in [0.25, 0.3) is 0 Å². The maximum atomic E-state index is 10.8. The molecule has 0 radical (unpaired) electrons. The Bertz CT molecular complexity index is 269. The van der Waals surface area contributed by atoms with E-state index in [1.807, 2.05) is 0 Å². The van der Waals surface area contributed by atoms with E-state index < -0.39 is 17.6 Å². The molecule has 0 spiro atoms. The Hall–Kier alpha value is -1.59. The van der Waals surface area contributed by atoms with Crippen molar-refractivity contribution in [1.29, 1.82) is 0 Å². The molecule has 0 saturated heterocycles. The van der Waals surface area contributed by atoms with Gasteiger partial charge in [0.05, 0.1) is 5.54 Å². The van der Waals surface area contributed by atoms with Gasteiger partial charge in [0.2, 0.25) is 0 Å². The molecule has 0 aromatic heterocycles. The topological polar surface area (TPSA) is 96.6 Å². The fourth-order valence-electron chi connectivity index (χ4n) is 0.897. The van der Waals surface area contributed by atoms with Crippen molar-refractivity contribution in [2.45, 2.75) is 19.4 Å². The first-order valence-electron chi connectivity index (χ1n) is 3.39. The van der Waals surface area contributed by atoms with Crippen LogP contribution in [0, 0.1) is 0 Å². The molecule has 0 aliphatic carbocycles. The summed E-state index contributed by atoms with van der Waals surface area (Å²) in [5.74, 6) is 0.250. The molecule has 66 valence electrons. The Balaban J connectivity index is 2.81. The summed E-state index contributed by atoms with van der Waals surface area (Å²) in [6.07, 6.45) is 0. The van der Waals surface area contributed by atoms with E-state index in [1.165, 1.54) is 0 Å². The predicted octanol–water partition coefficient (Wildman–Crippen LogP) is -0.445. The van der Waals surface area contributed by atoms with Gasteiger partial charge in [-0.1, -0.05) is 0 Å². The van der Waals surface area contributed by atoms with Crippen LogP contribution in [0.1, 0.15) is 13.8 Å². The lowest BCUT2D eigenvalue weighted by Crippen LogP contribution is -2.51. The first-order valence-corrected chi connectivity index (χ1v) is 3.39. The summed E-state index contributed by atoms with van der Waals surface area (Å²) in [7, 11) is 0. The number of hydrogen-bond donors (Lipinski definition) is 3. The first kappa shape index (κ1) is 8.51. The quantitative estimate of drug-likeness (QED) is 0.459. The number of hydrogen-bond acceptors (Lipinski definition) is 2. The van der Waals surface area contributed by atoms with Gasteiger partial charge in [0.1, 0.15) is 5.84 Å². The lowest BCUT2D eigenvalue weighted by Gasteiger charge is -2.19. The third-order valence-corrected chi connectivity index (χ3v) is 1.47. The lowest BCUT2D eigenvalue weighted by atomic mass is 10.1.